The summed E-state index contributed by atoms with van der Waals surface area (Å²) in [7, 11) is 0. The lowest BCUT2D eigenvalue weighted by Gasteiger charge is -2.43. The first-order chi connectivity index (χ1) is 14.4. The third-order valence-electron chi connectivity index (χ3n) is 7.56. The number of benzene rings is 2. The highest BCUT2D eigenvalue weighted by atomic mass is 16.1. The average molecular weight is 417 g/mol. The van der Waals surface area contributed by atoms with Crippen molar-refractivity contribution in [3.8, 4) is 0 Å². The minimum atomic E-state index is -0.0201. The van der Waals surface area contributed by atoms with E-state index < -0.39 is 0 Å². The Bertz CT molecular complexity index is 886. The molecule has 4 atom stereocenters. The summed E-state index contributed by atoms with van der Waals surface area (Å²) in [6, 6.07) is 17.2. The predicted molar refractivity (Wildman–Crippen MR) is 127 cm³/mol. The van der Waals surface area contributed by atoms with E-state index in [4.69, 9.17) is 0 Å². The van der Waals surface area contributed by atoms with Crippen LogP contribution in [0.15, 0.2) is 48.5 Å². The minimum absolute atomic E-state index is 0.0201. The van der Waals surface area contributed by atoms with Crippen LogP contribution in [0.25, 0.3) is 0 Å². The SMILES string of the molecule is CC(C)(C)c1ccc([C@@H]2CC(=O)[C@@H]3C[C@@H]2C(=O)C[C@H]3c2ccc(C(C)(C)C)cc2)cc1. The molecule has 0 amide bonds. The van der Waals surface area contributed by atoms with E-state index in [1.165, 1.54) is 11.1 Å². The quantitative estimate of drug-likeness (QED) is 0.545. The molecule has 0 aliphatic heterocycles. The van der Waals surface area contributed by atoms with Gasteiger partial charge in [-0.2, -0.15) is 0 Å². The van der Waals surface area contributed by atoms with Crippen molar-refractivity contribution in [1.82, 2.24) is 0 Å². The van der Waals surface area contributed by atoms with Gasteiger partial charge in [0, 0.05) is 36.5 Å². The average Bonchev–Trinajstić information content (AvgIpc) is 2.71. The van der Waals surface area contributed by atoms with Crippen LogP contribution in [0.4, 0.5) is 0 Å². The Kier molecular flexibility index (Phi) is 5.48. The molecule has 0 unspecified atom stereocenters. The Labute approximate surface area is 187 Å². The van der Waals surface area contributed by atoms with Crippen LogP contribution in [-0.2, 0) is 20.4 Å². The largest absolute Gasteiger partial charge is 0.299 e. The van der Waals surface area contributed by atoms with Crippen molar-refractivity contribution in [2.75, 3.05) is 0 Å². The lowest BCUT2D eigenvalue weighted by atomic mass is 9.59. The van der Waals surface area contributed by atoms with Gasteiger partial charge in [-0.05, 0) is 39.5 Å². The molecular formula is C29H36O2. The summed E-state index contributed by atoms with van der Waals surface area (Å²) in [6.45, 7) is 13.2. The standard InChI is InChI=1S/C29H36O2/c1-28(2,3)20-11-7-18(8-12-20)22-16-26(30)25-15-24(22)27(31)17-23(25)19-9-13-21(14-10-19)29(4,5)6/h7-14,22-25H,15-17H2,1-6H3/t22-,23-,24-,25+/m0/s1. The molecular weight excluding hydrogens is 380 g/mol. The third kappa shape index (κ3) is 4.27. The fourth-order valence-corrected chi connectivity index (χ4v) is 5.50. The summed E-state index contributed by atoms with van der Waals surface area (Å²) in [6.07, 6.45) is 1.69. The van der Waals surface area contributed by atoms with Crippen molar-refractivity contribution >= 4 is 11.6 Å². The van der Waals surface area contributed by atoms with Crippen LogP contribution in [0.1, 0.15) is 94.9 Å². The van der Waals surface area contributed by atoms with Gasteiger partial charge in [0.05, 0.1) is 0 Å². The molecule has 2 heteroatoms. The van der Waals surface area contributed by atoms with Crippen LogP contribution >= 0.6 is 0 Å². The van der Waals surface area contributed by atoms with Gasteiger partial charge in [0.25, 0.3) is 0 Å². The second-order valence-corrected chi connectivity index (χ2v) is 11.7. The van der Waals surface area contributed by atoms with Crippen LogP contribution < -0.4 is 0 Å². The predicted octanol–water partition coefficient (Wildman–Crippen LogP) is 6.72. The first kappa shape index (κ1) is 22.0. The molecule has 0 spiro atoms. The van der Waals surface area contributed by atoms with E-state index >= 15 is 0 Å². The maximum Gasteiger partial charge on any atom is 0.137 e. The first-order valence-corrected chi connectivity index (χ1v) is 11.7. The summed E-state index contributed by atoms with van der Waals surface area (Å²) < 4.78 is 0. The van der Waals surface area contributed by atoms with E-state index in [-0.39, 0.29) is 34.5 Å². The van der Waals surface area contributed by atoms with Gasteiger partial charge < -0.3 is 0 Å². The molecule has 2 saturated carbocycles. The molecule has 2 aliphatic rings. The summed E-state index contributed by atoms with van der Waals surface area (Å²) in [5.41, 5.74) is 5.05. The van der Waals surface area contributed by atoms with E-state index in [2.05, 4.69) is 90.1 Å². The number of carbonyl (C=O) groups excluding carboxylic acids is 2. The zero-order valence-electron chi connectivity index (χ0n) is 19.9. The second kappa shape index (κ2) is 7.73. The Morgan fingerprint density at radius 1 is 0.548 bits per heavy atom. The van der Waals surface area contributed by atoms with Crippen molar-refractivity contribution in [2.45, 2.75) is 83.5 Å². The number of ketones is 2. The summed E-state index contributed by atoms with van der Waals surface area (Å²) in [5, 5.41) is 0. The normalized spacial score (nSPS) is 26.8. The number of hydrogen-bond donors (Lipinski definition) is 0. The molecule has 2 aromatic carbocycles. The van der Waals surface area contributed by atoms with Crippen LogP contribution in [0.3, 0.4) is 0 Å². The molecule has 2 bridgehead atoms. The van der Waals surface area contributed by atoms with E-state index in [1.807, 2.05) is 0 Å². The molecule has 4 rings (SSSR count). The highest BCUT2D eigenvalue weighted by molar-refractivity contribution is 5.93. The summed E-state index contributed by atoms with van der Waals surface area (Å²) >= 11 is 0. The van der Waals surface area contributed by atoms with Crippen LogP contribution in [-0.4, -0.2) is 11.6 Å². The number of carbonyl (C=O) groups is 2. The molecule has 2 aromatic rings. The Morgan fingerprint density at radius 2 is 0.871 bits per heavy atom. The van der Waals surface area contributed by atoms with Crippen LogP contribution in [0.5, 0.6) is 0 Å². The van der Waals surface area contributed by atoms with Crippen molar-refractivity contribution in [3.63, 3.8) is 0 Å². The zero-order valence-corrected chi connectivity index (χ0v) is 19.9. The number of hydrogen-bond acceptors (Lipinski definition) is 2. The number of Topliss-reactive ketones (excluding diaryl/α,β-unsaturated/α-hetero) is 2. The first-order valence-electron chi connectivity index (χ1n) is 11.7. The van der Waals surface area contributed by atoms with Gasteiger partial charge >= 0.3 is 0 Å². The molecule has 2 fully saturated rings. The Balaban J connectivity index is 1.56. The molecule has 0 N–H and O–H groups in total. The summed E-state index contributed by atoms with van der Waals surface area (Å²) in [5.74, 6) is 0.697. The van der Waals surface area contributed by atoms with E-state index in [1.54, 1.807) is 0 Å². The van der Waals surface area contributed by atoms with Crippen LogP contribution in [0, 0.1) is 11.8 Å². The van der Waals surface area contributed by atoms with Crippen molar-refractivity contribution in [1.29, 1.82) is 0 Å². The zero-order chi connectivity index (χ0) is 22.6. The fraction of sp³-hybridized carbons (Fsp3) is 0.517. The lowest BCUT2D eigenvalue weighted by molar-refractivity contribution is -0.137. The molecule has 2 nitrogen and oxygen atoms in total. The lowest BCUT2D eigenvalue weighted by Crippen LogP contribution is -2.43. The van der Waals surface area contributed by atoms with Gasteiger partial charge in [0.15, 0.2) is 0 Å². The van der Waals surface area contributed by atoms with E-state index in [0.29, 0.717) is 30.8 Å². The third-order valence-corrected chi connectivity index (χ3v) is 7.56. The number of rotatable bonds is 2. The molecule has 0 heterocycles. The van der Waals surface area contributed by atoms with Gasteiger partial charge in [-0.15, -0.1) is 0 Å². The maximum absolute atomic E-state index is 13.2. The van der Waals surface area contributed by atoms with E-state index in [9.17, 15) is 9.59 Å². The van der Waals surface area contributed by atoms with Gasteiger partial charge in [-0.25, -0.2) is 0 Å². The molecule has 164 valence electrons. The minimum Gasteiger partial charge on any atom is -0.299 e. The second-order valence-electron chi connectivity index (χ2n) is 11.7. The van der Waals surface area contributed by atoms with Gasteiger partial charge in [-0.3, -0.25) is 9.59 Å². The van der Waals surface area contributed by atoms with Gasteiger partial charge in [-0.1, -0.05) is 90.1 Å². The summed E-state index contributed by atoms with van der Waals surface area (Å²) in [4.78, 5) is 26.4. The van der Waals surface area contributed by atoms with Gasteiger partial charge in [0.2, 0.25) is 0 Å². The molecule has 0 radical (unpaired) electrons. The molecule has 0 saturated heterocycles. The topological polar surface area (TPSA) is 34.1 Å². The highest BCUT2D eigenvalue weighted by Gasteiger charge is 2.48. The van der Waals surface area contributed by atoms with E-state index in [0.717, 1.165) is 11.1 Å². The highest BCUT2D eigenvalue weighted by Crippen LogP contribution is 2.50. The fourth-order valence-electron chi connectivity index (χ4n) is 5.50. The molecule has 31 heavy (non-hydrogen) atoms. The van der Waals surface area contributed by atoms with Crippen molar-refractivity contribution < 1.29 is 9.59 Å². The molecule has 2 aliphatic carbocycles. The van der Waals surface area contributed by atoms with Crippen molar-refractivity contribution in [3.05, 3.63) is 70.8 Å². The maximum atomic E-state index is 13.2. The van der Waals surface area contributed by atoms with Gasteiger partial charge in [0.1, 0.15) is 11.6 Å². The monoisotopic (exact) mass is 416 g/mol. The number of fused-ring (bicyclic) bond motifs is 2. The molecule has 0 aromatic heterocycles. The van der Waals surface area contributed by atoms with Crippen molar-refractivity contribution in [2.24, 2.45) is 11.8 Å². The smallest absolute Gasteiger partial charge is 0.137 e. The Morgan fingerprint density at radius 3 is 1.16 bits per heavy atom. The van der Waals surface area contributed by atoms with Crippen LogP contribution in [0.2, 0.25) is 0 Å². The Hall–Kier alpha value is -2.22.